The number of fused-ring (bicyclic) bond motifs is 1. The molecule has 1 saturated heterocycles. The Hall–Kier alpha value is -2.71. The number of aromatic nitrogens is 2. The number of carbonyl (C=O) groups excluding carboxylic acids is 1. The molecule has 1 aliphatic heterocycles. The van der Waals surface area contributed by atoms with Crippen molar-refractivity contribution in [3.05, 3.63) is 60.4 Å². The highest BCUT2D eigenvalue weighted by Crippen LogP contribution is 2.24. The van der Waals surface area contributed by atoms with Crippen molar-refractivity contribution in [1.82, 2.24) is 19.6 Å². The lowest BCUT2D eigenvalue weighted by Crippen LogP contribution is -2.42. The topological polar surface area (TPSA) is 95.2 Å². The number of imidazole rings is 1. The predicted octanol–water partition coefficient (Wildman–Crippen LogP) is 2.28. The van der Waals surface area contributed by atoms with E-state index in [0.717, 1.165) is 11.0 Å². The van der Waals surface area contributed by atoms with Gasteiger partial charge in [-0.1, -0.05) is 30.3 Å². The highest BCUT2D eigenvalue weighted by Gasteiger charge is 2.31. The standard InChI is InChI=1S/C20H22N4O3S/c25-20(21-14-19-22-17-8-4-5-9-18(17)23-19)15-10-12-24(13-11-15)28(26,27)16-6-2-1-3-7-16/h1-9,15H,10-14H2,(H,21,25)(H,22,23). The Morgan fingerprint density at radius 2 is 1.75 bits per heavy atom. The van der Waals surface area contributed by atoms with Crippen LogP contribution < -0.4 is 5.32 Å². The number of para-hydroxylation sites is 2. The molecule has 146 valence electrons. The highest BCUT2D eigenvalue weighted by molar-refractivity contribution is 7.89. The largest absolute Gasteiger partial charge is 0.349 e. The van der Waals surface area contributed by atoms with Crippen LogP contribution >= 0.6 is 0 Å². The van der Waals surface area contributed by atoms with Gasteiger partial charge in [0.15, 0.2) is 0 Å². The molecule has 2 heterocycles. The van der Waals surface area contributed by atoms with Gasteiger partial charge in [0.2, 0.25) is 15.9 Å². The van der Waals surface area contributed by atoms with E-state index in [1.54, 1.807) is 30.3 Å². The molecular formula is C20H22N4O3S. The third-order valence-corrected chi connectivity index (χ3v) is 6.99. The molecule has 1 fully saturated rings. The van der Waals surface area contributed by atoms with Crippen molar-refractivity contribution in [3.8, 4) is 0 Å². The molecular weight excluding hydrogens is 376 g/mol. The van der Waals surface area contributed by atoms with Crippen LogP contribution in [0, 0.1) is 5.92 Å². The third-order valence-electron chi connectivity index (χ3n) is 5.07. The fourth-order valence-electron chi connectivity index (χ4n) is 3.50. The smallest absolute Gasteiger partial charge is 0.243 e. The Morgan fingerprint density at radius 3 is 2.46 bits per heavy atom. The Kier molecular flexibility index (Phi) is 5.15. The molecule has 4 rings (SSSR count). The van der Waals surface area contributed by atoms with Crippen molar-refractivity contribution in [2.45, 2.75) is 24.3 Å². The van der Waals surface area contributed by atoms with Crippen LogP contribution in [0.25, 0.3) is 11.0 Å². The second-order valence-electron chi connectivity index (χ2n) is 6.91. The molecule has 1 aliphatic rings. The van der Waals surface area contributed by atoms with Crippen LogP contribution in [0.3, 0.4) is 0 Å². The monoisotopic (exact) mass is 398 g/mol. The molecule has 0 bridgehead atoms. The van der Waals surface area contributed by atoms with Crippen LogP contribution in [0.1, 0.15) is 18.7 Å². The fraction of sp³-hybridized carbons (Fsp3) is 0.300. The highest BCUT2D eigenvalue weighted by atomic mass is 32.2. The Labute approximate surface area is 163 Å². The first-order valence-electron chi connectivity index (χ1n) is 9.30. The average Bonchev–Trinajstić information content (AvgIpc) is 3.16. The third kappa shape index (κ3) is 3.79. The van der Waals surface area contributed by atoms with Gasteiger partial charge in [0, 0.05) is 19.0 Å². The maximum Gasteiger partial charge on any atom is 0.243 e. The first-order chi connectivity index (χ1) is 13.5. The van der Waals surface area contributed by atoms with Crippen molar-refractivity contribution in [3.63, 3.8) is 0 Å². The van der Waals surface area contributed by atoms with E-state index in [4.69, 9.17) is 0 Å². The summed E-state index contributed by atoms with van der Waals surface area (Å²) in [4.78, 5) is 20.4. The summed E-state index contributed by atoms with van der Waals surface area (Å²) in [5.74, 6) is 0.461. The second-order valence-corrected chi connectivity index (χ2v) is 8.85. The number of rotatable bonds is 5. The number of nitrogens with zero attached hydrogens (tertiary/aromatic N) is 2. The number of carbonyl (C=O) groups is 1. The summed E-state index contributed by atoms with van der Waals surface area (Å²) >= 11 is 0. The van der Waals surface area contributed by atoms with Crippen molar-refractivity contribution in [1.29, 1.82) is 0 Å². The molecule has 2 aromatic carbocycles. The quantitative estimate of drug-likeness (QED) is 0.689. The van der Waals surface area contributed by atoms with Gasteiger partial charge in [0.1, 0.15) is 5.82 Å². The molecule has 0 unspecified atom stereocenters. The molecule has 3 aromatic rings. The fourth-order valence-corrected chi connectivity index (χ4v) is 5.00. The molecule has 2 N–H and O–H groups in total. The second kappa shape index (κ2) is 7.73. The summed E-state index contributed by atoms with van der Waals surface area (Å²) in [5, 5.41) is 2.91. The summed E-state index contributed by atoms with van der Waals surface area (Å²) in [6, 6.07) is 16.1. The number of hydrogen-bond donors (Lipinski definition) is 2. The van der Waals surface area contributed by atoms with E-state index in [-0.39, 0.29) is 11.8 Å². The summed E-state index contributed by atoms with van der Waals surface area (Å²) in [6.45, 7) is 1.02. The van der Waals surface area contributed by atoms with Gasteiger partial charge in [-0.15, -0.1) is 0 Å². The maximum atomic E-state index is 12.7. The normalized spacial score (nSPS) is 16.3. The number of amides is 1. The number of nitrogens with one attached hydrogen (secondary N) is 2. The van der Waals surface area contributed by atoms with Gasteiger partial charge in [-0.2, -0.15) is 4.31 Å². The minimum Gasteiger partial charge on any atom is -0.349 e. The van der Waals surface area contributed by atoms with Gasteiger partial charge in [-0.25, -0.2) is 13.4 Å². The number of H-pyrrole nitrogens is 1. The van der Waals surface area contributed by atoms with Crippen LogP contribution in [-0.2, 0) is 21.4 Å². The summed E-state index contributed by atoms with van der Waals surface area (Å²) in [5.41, 5.74) is 1.80. The molecule has 0 radical (unpaired) electrons. The van der Waals surface area contributed by atoms with Gasteiger partial charge in [0.05, 0.1) is 22.5 Å². The molecule has 0 atom stereocenters. The van der Waals surface area contributed by atoms with E-state index >= 15 is 0 Å². The molecule has 1 aromatic heterocycles. The number of hydrogen-bond acceptors (Lipinski definition) is 4. The van der Waals surface area contributed by atoms with Crippen molar-refractivity contribution < 1.29 is 13.2 Å². The van der Waals surface area contributed by atoms with E-state index in [2.05, 4.69) is 15.3 Å². The lowest BCUT2D eigenvalue weighted by molar-refractivity contribution is -0.126. The molecule has 0 saturated carbocycles. The molecule has 28 heavy (non-hydrogen) atoms. The minimum absolute atomic E-state index is 0.0581. The zero-order valence-electron chi connectivity index (χ0n) is 15.3. The van der Waals surface area contributed by atoms with Gasteiger partial charge >= 0.3 is 0 Å². The molecule has 0 aliphatic carbocycles. The lowest BCUT2D eigenvalue weighted by atomic mass is 9.97. The van der Waals surface area contributed by atoms with Crippen LogP contribution in [0.5, 0.6) is 0 Å². The SMILES string of the molecule is O=C(NCc1nc2ccccc2[nH]1)C1CCN(S(=O)(=O)c2ccccc2)CC1. The predicted molar refractivity (Wildman–Crippen MR) is 106 cm³/mol. The van der Waals surface area contributed by atoms with Crippen LogP contribution in [0.15, 0.2) is 59.5 Å². The minimum atomic E-state index is -3.49. The van der Waals surface area contributed by atoms with Gasteiger partial charge in [0.25, 0.3) is 0 Å². The van der Waals surface area contributed by atoms with Crippen molar-refractivity contribution >= 4 is 27.0 Å². The van der Waals surface area contributed by atoms with Gasteiger partial charge < -0.3 is 10.3 Å². The zero-order valence-corrected chi connectivity index (χ0v) is 16.2. The van der Waals surface area contributed by atoms with E-state index in [0.29, 0.717) is 43.2 Å². The van der Waals surface area contributed by atoms with Crippen LogP contribution in [0.2, 0.25) is 0 Å². The lowest BCUT2D eigenvalue weighted by Gasteiger charge is -2.30. The molecule has 1 amide bonds. The number of aromatic amines is 1. The Balaban J connectivity index is 1.32. The first kappa shape index (κ1) is 18.6. The number of sulfonamides is 1. The number of piperidine rings is 1. The zero-order chi connectivity index (χ0) is 19.6. The van der Waals surface area contributed by atoms with Gasteiger partial charge in [-0.3, -0.25) is 4.79 Å². The van der Waals surface area contributed by atoms with E-state index < -0.39 is 10.0 Å². The molecule has 8 heteroatoms. The van der Waals surface area contributed by atoms with Crippen LogP contribution in [0.4, 0.5) is 0 Å². The summed E-state index contributed by atoms with van der Waals surface area (Å²) < 4.78 is 26.8. The van der Waals surface area contributed by atoms with E-state index in [1.807, 2.05) is 24.3 Å². The van der Waals surface area contributed by atoms with Crippen molar-refractivity contribution in [2.75, 3.05) is 13.1 Å². The van der Waals surface area contributed by atoms with E-state index in [1.165, 1.54) is 4.31 Å². The Morgan fingerprint density at radius 1 is 1.07 bits per heavy atom. The summed E-state index contributed by atoms with van der Waals surface area (Å²) in [6.07, 6.45) is 1.02. The Bertz CT molecular complexity index is 1040. The van der Waals surface area contributed by atoms with Gasteiger partial charge in [-0.05, 0) is 37.1 Å². The molecule has 7 nitrogen and oxygen atoms in total. The maximum absolute atomic E-state index is 12.7. The molecule has 0 spiro atoms. The average molecular weight is 398 g/mol. The van der Waals surface area contributed by atoms with E-state index in [9.17, 15) is 13.2 Å². The first-order valence-corrected chi connectivity index (χ1v) is 10.7. The number of benzene rings is 2. The van der Waals surface area contributed by atoms with Crippen LogP contribution in [-0.4, -0.2) is 41.7 Å². The summed E-state index contributed by atoms with van der Waals surface area (Å²) in [7, 11) is -3.49. The van der Waals surface area contributed by atoms with Crippen molar-refractivity contribution in [2.24, 2.45) is 5.92 Å².